The van der Waals surface area contributed by atoms with Gasteiger partial charge in [-0.05, 0) is 30.5 Å². The largest absolute Gasteiger partial charge is 0.423 e. The van der Waals surface area contributed by atoms with Gasteiger partial charge in [0, 0.05) is 23.2 Å². The zero-order valence-electron chi connectivity index (χ0n) is 12.5. The highest BCUT2D eigenvalue weighted by Gasteiger charge is 2.19. The third-order valence-corrected chi connectivity index (χ3v) is 3.78. The normalized spacial score (nSPS) is 13.9. The highest BCUT2D eigenvalue weighted by molar-refractivity contribution is 5.96. The first-order chi connectivity index (χ1) is 9.92. The van der Waals surface area contributed by atoms with Gasteiger partial charge < -0.3 is 15.5 Å². The van der Waals surface area contributed by atoms with Crippen LogP contribution in [0.1, 0.15) is 25.8 Å². The summed E-state index contributed by atoms with van der Waals surface area (Å²) < 4.78 is 5.16. The average Bonchev–Trinajstić information content (AvgIpc) is 2.44. The Kier molecular flexibility index (Phi) is 4.43. The number of carbonyl (C=O) groups is 1. The summed E-state index contributed by atoms with van der Waals surface area (Å²) >= 11 is 0. The molecule has 5 nitrogen and oxygen atoms in total. The van der Waals surface area contributed by atoms with E-state index in [1.807, 2.05) is 26.8 Å². The second kappa shape index (κ2) is 6.10. The lowest BCUT2D eigenvalue weighted by Crippen LogP contribution is -2.40. The number of benzene rings is 1. The van der Waals surface area contributed by atoms with E-state index in [1.165, 1.54) is 6.07 Å². The van der Waals surface area contributed by atoms with Crippen molar-refractivity contribution in [1.29, 1.82) is 0 Å². The number of fused-ring (bicyclic) bond motifs is 1. The minimum Gasteiger partial charge on any atom is -0.423 e. The molecule has 3 N–H and O–H groups in total. The van der Waals surface area contributed by atoms with Crippen molar-refractivity contribution in [3.05, 3.63) is 40.2 Å². The van der Waals surface area contributed by atoms with Crippen LogP contribution in [0.3, 0.4) is 0 Å². The van der Waals surface area contributed by atoms with Crippen LogP contribution in [-0.4, -0.2) is 11.9 Å². The van der Waals surface area contributed by atoms with Gasteiger partial charge in [0.2, 0.25) is 5.91 Å². The van der Waals surface area contributed by atoms with Crippen molar-refractivity contribution >= 4 is 22.6 Å². The molecule has 0 fully saturated rings. The summed E-state index contributed by atoms with van der Waals surface area (Å²) in [6.45, 7) is 5.77. The van der Waals surface area contributed by atoms with Gasteiger partial charge in [-0.2, -0.15) is 0 Å². The molecule has 0 spiro atoms. The molecule has 0 saturated heterocycles. The molecule has 0 aliphatic heterocycles. The number of nitrogens with one attached hydrogen (secondary N) is 1. The van der Waals surface area contributed by atoms with Crippen molar-refractivity contribution in [3.8, 4) is 0 Å². The van der Waals surface area contributed by atoms with Crippen LogP contribution >= 0.6 is 0 Å². The van der Waals surface area contributed by atoms with Gasteiger partial charge in [0.1, 0.15) is 5.58 Å². The molecule has 0 bridgehead atoms. The number of anilines is 1. The number of nitrogens with two attached hydrogens (primary N) is 1. The molecule has 1 aromatic carbocycles. The Balaban J connectivity index is 2.28. The van der Waals surface area contributed by atoms with Gasteiger partial charge in [0.05, 0.1) is 6.04 Å². The third-order valence-electron chi connectivity index (χ3n) is 3.78. The number of hydrogen-bond donors (Lipinski definition) is 2. The molecule has 1 amide bonds. The van der Waals surface area contributed by atoms with Crippen molar-refractivity contribution in [1.82, 2.24) is 0 Å². The summed E-state index contributed by atoms with van der Waals surface area (Å²) in [5.41, 5.74) is 7.36. The molecule has 2 aromatic rings. The summed E-state index contributed by atoms with van der Waals surface area (Å²) in [7, 11) is 0. The molecule has 0 aliphatic carbocycles. The predicted octanol–water partition coefficient (Wildman–Crippen LogP) is 2.41. The molecule has 1 aromatic heterocycles. The number of aryl methyl sites for hydroxylation is 1. The molecular formula is C16H20N2O3. The number of amides is 1. The Bertz CT molecular complexity index is 721. The molecule has 5 heteroatoms. The van der Waals surface area contributed by atoms with Crippen LogP contribution in [0.15, 0.2) is 33.5 Å². The van der Waals surface area contributed by atoms with Crippen molar-refractivity contribution in [2.24, 2.45) is 11.7 Å². The zero-order valence-corrected chi connectivity index (χ0v) is 12.5. The molecule has 0 saturated carbocycles. The highest BCUT2D eigenvalue weighted by Crippen LogP contribution is 2.21. The molecule has 112 valence electrons. The van der Waals surface area contributed by atoms with E-state index in [1.54, 1.807) is 12.1 Å². The van der Waals surface area contributed by atoms with Crippen LogP contribution in [0.5, 0.6) is 0 Å². The molecule has 2 rings (SSSR count). The molecule has 1 heterocycles. The number of carbonyl (C=O) groups excluding carboxylic acids is 1. The smallest absolute Gasteiger partial charge is 0.336 e. The van der Waals surface area contributed by atoms with Gasteiger partial charge in [0.25, 0.3) is 0 Å². The second-order valence-corrected chi connectivity index (χ2v) is 5.36. The Labute approximate surface area is 123 Å². The monoisotopic (exact) mass is 288 g/mol. The minimum absolute atomic E-state index is 0.102. The van der Waals surface area contributed by atoms with Crippen molar-refractivity contribution < 1.29 is 9.21 Å². The van der Waals surface area contributed by atoms with Crippen molar-refractivity contribution in [3.63, 3.8) is 0 Å². The van der Waals surface area contributed by atoms with Crippen LogP contribution in [-0.2, 0) is 4.79 Å². The fraction of sp³-hybridized carbons (Fsp3) is 0.375. The van der Waals surface area contributed by atoms with Crippen LogP contribution < -0.4 is 16.7 Å². The highest BCUT2D eigenvalue weighted by atomic mass is 16.4. The van der Waals surface area contributed by atoms with Crippen molar-refractivity contribution in [2.75, 3.05) is 5.32 Å². The molecular weight excluding hydrogens is 268 g/mol. The van der Waals surface area contributed by atoms with Gasteiger partial charge >= 0.3 is 5.63 Å². The van der Waals surface area contributed by atoms with E-state index in [0.29, 0.717) is 11.3 Å². The summed E-state index contributed by atoms with van der Waals surface area (Å²) in [6.07, 6.45) is 0.834. The second-order valence-electron chi connectivity index (χ2n) is 5.36. The molecule has 0 aliphatic rings. The van der Waals surface area contributed by atoms with Gasteiger partial charge in [0.15, 0.2) is 0 Å². The van der Waals surface area contributed by atoms with E-state index >= 15 is 0 Å². The maximum atomic E-state index is 12.1. The lowest BCUT2D eigenvalue weighted by atomic mass is 9.99. The maximum Gasteiger partial charge on any atom is 0.336 e. The van der Waals surface area contributed by atoms with E-state index < -0.39 is 11.7 Å². The minimum atomic E-state index is -0.560. The lowest BCUT2D eigenvalue weighted by Gasteiger charge is -2.17. The quantitative estimate of drug-likeness (QED) is 0.846. The van der Waals surface area contributed by atoms with Crippen LogP contribution in [0.25, 0.3) is 11.0 Å². The van der Waals surface area contributed by atoms with Crippen LogP contribution in [0.4, 0.5) is 5.69 Å². The standard InChI is InChI=1S/C16H20N2O3/c1-4-9(2)15(17)16(20)18-11-5-6-12-10(3)7-14(19)21-13(12)8-11/h5-9,15H,4,17H2,1-3H3,(H,18,20)/t9-,15+/m0/s1. The SMILES string of the molecule is CC[C@H](C)[C@@H](N)C(=O)Nc1ccc2c(C)cc(=O)oc2c1. The van der Waals surface area contributed by atoms with E-state index in [-0.39, 0.29) is 11.8 Å². The van der Waals surface area contributed by atoms with Gasteiger partial charge in [-0.25, -0.2) is 4.79 Å². The first-order valence-corrected chi connectivity index (χ1v) is 7.03. The average molecular weight is 288 g/mol. The first-order valence-electron chi connectivity index (χ1n) is 7.03. The predicted molar refractivity (Wildman–Crippen MR) is 83.3 cm³/mol. The van der Waals surface area contributed by atoms with Gasteiger partial charge in [-0.3, -0.25) is 4.79 Å². The third kappa shape index (κ3) is 3.31. The van der Waals surface area contributed by atoms with Crippen LogP contribution in [0, 0.1) is 12.8 Å². The Morgan fingerprint density at radius 2 is 2.10 bits per heavy atom. The zero-order chi connectivity index (χ0) is 15.6. The molecule has 0 unspecified atom stereocenters. The Morgan fingerprint density at radius 3 is 2.76 bits per heavy atom. The lowest BCUT2D eigenvalue weighted by molar-refractivity contribution is -0.118. The fourth-order valence-corrected chi connectivity index (χ4v) is 2.14. The molecule has 21 heavy (non-hydrogen) atoms. The summed E-state index contributed by atoms with van der Waals surface area (Å²) in [4.78, 5) is 23.5. The van der Waals surface area contributed by atoms with E-state index in [9.17, 15) is 9.59 Å². The van der Waals surface area contributed by atoms with E-state index in [2.05, 4.69) is 5.32 Å². The fourth-order valence-electron chi connectivity index (χ4n) is 2.14. The van der Waals surface area contributed by atoms with E-state index in [4.69, 9.17) is 10.2 Å². The van der Waals surface area contributed by atoms with Crippen LogP contribution in [0.2, 0.25) is 0 Å². The van der Waals surface area contributed by atoms with Gasteiger partial charge in [-0.1, -0.05) is 20.3 Å². The first kappa shape index (κ1) is 15.3. The van der Waals surface area contributed by atoms with E-state index in [0.717, 1.165) is 17.4 Å². The summed E-state index contributed by atoms with van der Waals surface area (Å²) in [6, 6.07) is 6.12. The van der Waals surface area contributed by atoms with Crippen molar-refractivity contribution in [2.45, 2.75) is 33.2 Å². The number of rotatable bonds is 4. The maximum absolute atomic E-state index is 12.1. The number of hydrogen-bond acceptors (Lipinski definition) is 4. The molecule has 0 radical (unpaired) electrons. The summed E-state index contributed by atoms with van der Waals surface area (Å²) in [5.74, 6) is -0.135. The van der Waals surface area contributed by atoms with Gasteiger partial charge in [-0.15, -0.1) is 0 Å². The Morgan fingerprint density at radius 1 is 1.38 bits per heavy atom. The molecule has 2 atom stereocenters. The Hall–Kier alpha value is -2.14. The topological polar surface area (TPSA) is 85.3 Å². The summed E-state index contributed by atoms with van der Waals surface area (Å²) in [5, 5.41) is 3.61.